The first-order chi connectivity index (χ1) is 7.25. The van der Waals surface area contributed by atoms with Gasteiger partial charge in [0, 0.05) is 6.54 Å². The SMILES string of the molecule is CCCCCCNC1=C(S)C=NNN1S. The van der Waals surface area contributed by atoms with Crippen LogP contribution in [0.3, 0.4) is 0 Å². The van der Waals surface area contributed by atoms with Crippen molar-refractivity contribution in [1.29, 1.82) is 0 Å². The van der Waals surface area contributed by atoms with Gasteiger partial charge in [-0.1, -0.05) is 26.2 Å². The summed E-state index contributed by atoms with van der Waals surface area (Å²) in [7, 11) is 0. The highest BCUT2D eigenvalue weighted by molar-refractivity contribution is 7.85. The maximum atomic E-state index is 4.30. The molecule has 2 N–H and O–H groups in total. The molecule has 1 rings (SSSR count). The first-order valence-electron chi connectivity index (χ1n) is 5.20. The third kappa shape index (κ3) is 4.25. The lowest BCUT2D eigenvalue weighted by molar-refractivity contribution is 0.401. The molecule has 0 bridgehead atoms. The first kappa shape index (κ1) is 12.6. The number of hydrazone groups is 1. The summed E-state index contributed by atoms with van der Waals surface area (Å²) in [6.45, 7) is 3.14. The Hall–Kier alpha value is -0.490. The van der Waals surface area contributed by atoms with Gasteiger partial charge in [0.15, 0.2) is 0 Å². The quantitative estimate of drug-likeness (QED) is 0.427. The highest BCUT2D eigenvalue weighted by atomic mass is 32.1. The van der Waals surface area contributed by atoms with Gasteiger partial charge in [-0.25, -0.2) is 5.53 Å². The average molecular weight is 246 g/mol. The van der Waals surface area contributed by atoms with Crippen molar-refractivity contribution in [2.45, 2.75) is 32.6 Å². The van der Waals surface area contributed by atoms with Crippen LogP contribution in [0.4, 0.5) is 0 Å². The van der Waals surface area contributed by atoms with Crippen molar-refractivity contribution < 1.29 is 0 Å². The highest BCUT2D eigenvalue weighted by Gasteiger charge is 2.11. The Bertz CT molecular complexity index is 252. The van der Waals surface area contributed by atoms with Gasteiger partial charge in [-0.2, -0.15) is 9.52 Å². The minimum absolute atomic E-state index is 0.791. The third-order valence-corrected chi connectivity index (χ3v) is 2.73. The first-order valence-corrected chi connectivity index (χ1v) is 6.05. The largest absolute Gasteiger partial charge is 0.369 e. The minimum atomic E-state index is 0.791. The molecule has 0 spiro atoms. The lowest BCUT2D eigenvalue weighted by Crippen LogP contribution is -2.36. The topological polar surface area (TPSA) is 39.7 Å². The standard InChI is InChI=1S/C9H18N4S2/c1-2-3-4-5-6-10-9-8(14)7-11-12-13(9)15/h7,10,12,14-15H,2-6H2,1H3. The number of nitrogens with one attached hydrogen (secondary N) is 2. The van der Waals surface area contributed by atoms with Crippen LogP contribution in [0.2, 0.25) is 0 Å². The molecule has 6 heteroatoms. The Labute approximate surface area is 102 Å². The van der Waals surface area contributed by atoms with Gasteiger partial charge in [-0.05, 0) is 19.2 Å². The van der Waals surface area contributed by atoms with Crippen LogP contribution in [0.5, 0.6) is 0 Å². The molecule has 0 aliphatic carbocycles. The van der Waals surface area contributed by atoms with Crippen LogP contribution in [-0.4, -0.2) is 17.2 Å². The number of rotatable bonds is 6. The summed E-state index contributed by atoms with van der Waals surface area (Å²) in [5.74, 6) is 0.855. The van der Waals surface area contributed by atoms with Crippen molar-refractivity contribution in [1.82, 2.24) is 15.3 Å². The summed E-state index contributed by atoms with van der Waals surface area (Å²) in [6, 6.07) is 0. The maximum Gasteiger partial charge on any atom is 0.149 e. The molecule has 1 heterocycles. The van der Waals surface area contributed by atoms with Gasteiger partial charge >= 0.3 is 0 Å². The Morgan fingerprint density at radius 2 is 2.27 bits per heavy atom. The number of hydrazine groups is 1. The van der Waals surface area contributed by atoms with Gasteiger partial charge in [0.25, 0.3) is 0 Å². The summed E-state index contributed by atoms with van der Waals surface area (Å²) in [4.78, 5) is 0.791. The van der Waals surface area contributed by atoms with E-state index in [1.165, 1.54) is 23.7 Å². The van der Waals surface area contributed by atoms with Gasteiger partial charge in [0.2, 0.25) is 0 Å². The summed E-state index contributed by atoms with van der Waals surface area (Å²) in [5.41, 5.74) is 2.71. The van der Waals surface area contributed by atoms with Crippen LogP contribution in [0.1, 0.15) is 32.6 Å². The van der Waals surface area contributed by atoms with Crippen molar-refractivity contribution in [2.75, 3.05) is 6.54 Å². The molecule has 86 valence electrons. The molecule has 1 aliphatic rings. The summed E-state index contributed by atoms with van der Waals surface area (Å²) in [6.07, 6.45) is 6.63. The summed E-state index contributed by atoms with van der Waals surface area (Å²) < 4.78 is 1.53. The fourth-order valence-corrected chi connectivity index (χ4v) is 1.83. The molecular weight excluding hydrogens is 228 g/mol. The van der Waals surface area contributed by atoms with E-state index in [1.807, 2.05) is 0 Å². The lowest BCUT2D eigenvalue weighted by Gasteiger charge is -2.24. The molecule has 0 saturated heterocycles. The zero-order chi connectivity index (χ0) is 11.1. The molecule has 0 aromatic carbocycles. The van der Waals surface area contributed by atoms with Crippen LogP contribution in [0.25, 0.3) is 0 Å². The van der Waals surface area contributed by atoms with E-state index in [0.717, 1.165) is 23.7 Å². The molecule has 4 nitrogen and oxygen atoms in total. The Morgan fingerprint density at radius 3 is 2.93 bits per heavy atom. The van der Waals surface area contributed by atoms with Crippen LogP contribution in [0, 0.1) is 0 Å². The van der Waals surface area contributed by atoms with Crippen molar-refractivity contribution in [3.8, 4) is 0 Å². The molecule has 1 aliphatic heterocycles. The van der Waals surface area contributed by atoms with Gasteiger partial charge in [-0.3, -0.25) is 0 Å². The summed E-state index contributed by atoms with van der Waals surface area (Å²) >= 11 is 8.49. The number of nitrogens with zero attached hydrogens (tertiary/aromatic N) is 2. The summed E-state index contributed by atoms with van der Waals surface area (Å²) in [5, 5.41) is 7.13. The molecule has 0 aromatic rings. The predicted molar refractivity (Wildman–Crippen MR) is 70.6 cm³/mol. The van der Waals surface area contributed by atoms with E-state index in [-0.39, 0.29) is 0 Å². The van der Waals surface area contributed by atoms with Gasteiger partial charge < -0.3 is 5.32 Å². The van der Waals surface area contributed by atoms with E-state index in [1.54, 1.807) is 6.21 Å². The van der Waals surface area contributed by atoms with Gasteiger partial charge in [0.1, 0.15) is 5.82 Å². The molecule has 0 aromatic heterocycles. The van der Waals surface area contributed by atoms with Gasteiger partial charge in [0.05, 0.1) is 11.1 Å². The molecule has 0 saturated carbocycles. The van der Waals surface area contributed by atoms with Crippen LogP contribution in [0.15, 0.2) is 15.8 Å². The highest BCUT2D eigenvalue weighted by Crippen LogP contribution is 2.13. The second kappa shape index (κ2) is 6.90. The Balaban J connectivity index is 2.27. The molecule has 0 unspecified atom stereocenters. The fourth-order valence-electron chi connectivity index (χ4n) is 1.29. The maximum absolute atomic E-state index is 4.30. The van der Waals surface area contributed by atoms with E-state index >= 15 is 0 Å². The van der Waals surface area contributed by atoms with E-state index in [2.05, 4.69) is 48.3 Å². The second-order valence-corrected chi connectivity index (χ2v) is 4.27. The van der Waals surface area contributed by atoms with E-state index in [4.69, 9.17) is 0 Å². The zero-order valence-corrected chi connectivity index (χ0v) is 10.7. The third-order valence-electron chi connectivity index (χ3n) is 2.12. The molecule has 0 fully saturated rings. The number of hydrogen-bond acceptors (Lipinski definition) is 6. The smallest absolute Gasteiger partial charge is 0.149 e. The van der Waals surface area contributed by atoms with E-state index in [0.29, 0.717) is 0 Å². The van der Waals surface area contributed by atoms with Crippen molar-refractivity contribution >= 4 is 31.7 Å². The lowest BCUT2D eigenvalue weighted by atomic mass is 10.2. The number of allylic oxidation sites excluding steroid dienone is 1. The minimum Gasteiger partial charge on any atom is -0.369 e. The van der Waals surface area contributed by atoms with Crippen LogP contribution < -0.4 is 10.9 Å². The zero-order valence-electron chi connectivity index (χ0n) is 8.90. The Kier molecular flexibility index (Phi) is 5.78. The number of unbranched alkanes of at least 4 members (excludes halogenated alkanes) is 3. The molecule has 0 amide bonds. The normalized spacial score (nSPS) is 15.5. The average Bonchev–Trinajstić information content (AvgIpc) is 2.21. The van der Waals surface area contributed by atoms with Gasteiger partial charge in [-0.15, -0.1) is 12.6 Å². The van der Waals surface area contributed by atoms with E-state index < -0.39 is 0 Å². The number of hydrogen-bond donors (Lipinski definition) is 4. The molecule has 15 heavy (non-hydrogen) atoms. The van der Waals surface area contributed by atoms with Crippen molar-refractivity contribution in [2.24, 2.45) is 5.10 Å². The van der Waals surface area contributed by atoms with Crippen molar-refractivity contribution in [3.63, 3.8) is 0 Å². The number of thiol groups is 2. The molecular formula is C9H18N4S2. The van der Waals surface area contributed by atoms with Crippen LogP contribution >= 0.6 is 25.4 Å². The van der Waals surface area contributed by atoms with Crippen LogP contribution in [-0.2, 0) is 0 Å². The molecule has 0 atom stereocenters. The monoisotopic (exact) mass is 246 g/mol. The van der Waals surface area contributed by atoms with Crippen molar-refractivity contribution in [3.05, 3.63) is 10.7 Å². The second-order valence-electron chi connectivity index (χ2n) is 3.39. The predicted octanol–water partition coefficient (Wildman–Crippen LogP) is 1.91. The molecule has 0 radical (unpaired) electrons. The van der Waals surface area contributed by atoms with E-state index in [9.17, 15) is 0 Å². The fraction of sp³-hybridized carbons (Fsp3) is 0.667. The Morgan fingerprint density at radius 1 is 1.47 bits per heavy atom.